The molecule has 1 aromatic heterocycles. The second-order valence-corrected chi connectivity index (χ2v) is 7.68. The van der Waals surface area contributed by atoms with Gasteiger partial charge in [-0.05, 0) is 47.9 Å². The number of anilines is 1. The highest BCUT2D eigenvalue weighted by molar-refractivity contribution is 9.10. The first-order valence-electron chi connectivity index (χ1n) is 9.06. The summed E-state index contributed by atoms with van der Waals surface area (Å²) in [7, 11) is 1.73. The molecule has 1 aliphatic rings. The Labute approximate surface area is 167 Å². The third kappa shape index (κ3) is 3.73. The highest BCUT2D eigenvalue weighted by atomic mass is 79.9. The Morgan fingerprint density at radius 3 is 2.78 bits per heavy atom. The number of nitrogens with zero attached hydrogens (tertiary/aromatic N) is 2. The quantitative estimate of drug-likeness (QED) is 0.658. The second-order valence-electron chi connectivity index (χ2n) is 6.76. The molecule has 3 aromatic rings. The molecule has 0 aliphatic carbocycles. The van der Waals surface area contributed by atoms with E-state index in [2.05, 4.69) is 50.2 Å². The molecule has 2 amide bonds. The van der Waals surface area contributed by atoms with E-state index in [1.807, 2.05) is 29.2 Å². The van der Waals surface area contributed by atoms with Gasteiger partial charge in [0.1, 0.15) is 0 Å². The Morgan fingerprint density at radius 1 is 1.19 bits per heavy atom. The number of methoxy groups -OCH3 is 1. The minimum Gasteiger partial charge on any atom is -0.383 e. The van der Waals surface area contributed by atoms with Gasteiger partial charge in [0.25, 0.3) is 0 Å². The number of carbonyl (C=O) groups excluding carboxylic acids is 1. The number of urea groups is 1. The van der Waals surface area contributed by atoms with Crippen molar-refractivity contribution < 1.29 is 9.53 Å². The number of ether oxygens (including phenoxy) is 1. The Hall–Kier alpha value is -2.31. The molecule has 4 rings (SSSR count). The molecule has 0 atom stereocenters. The molecule has 1 N–H and O–H groups in total. The van der Waals surface area contributed by atoms with E-state index in [1.54, 1.807) is 7.11 Å². The van der Waals surface area contributed by atoms with Crippen LogP contribution < -0.4 is 5.32 Å². The average molecular weight is 428 g/mol. The zero-order chi connectivity index (χ0) is 18.8. The fourth-order valence-corrected chi connectivity index (χ4v) is 3.93. The maximum atomic E-state index is 12.8. The minimum atomic E-state index is -0.0632. The third-order valence-corrected chi connectivity index (χ3v) is 5.53. The molecule has 2 aromatic carbocycles. The first-order valence-corrected chi connectivity index (χ1v) is 9.85. The number of amides is 2. The monoisotopic (exact) mass is 427 g/mol. The zero-order valence-electron chi connectivity index (χ0n) is 15.2. The fraction of sp³-hybridized carbons (Fsp3) is 0.286. The lowest BCUT2D eigenvalue weighted by Crippen LogP contribution is -2.35. The topological polar surface area (TPSA) is 46.5 Å². The van der Waals surface area contributed by atoms with Crippen molar-refractivity contribution in [2.75, 3.05) is 25.6 Å². The molecule has 0 bridgehead atoms. The molecular formula is C21H22BrN3O2. The number of carbonyl (C=O) groups is 1. The van der Waals surface area contributed by atoms with Crippen LogP contribution >= 0.6 is 15.9 Å². The third-order valence-electron chi connectivity index (χ3n) is 5.00. The van der Waals surface area contributed by atoms with E-state index in [0.29, 0.717) is 19.7 Å². The molecule has 0 saturated carbocycles. The molecule has 2 heterocycles. The van der Waals surface area contributed by atoms with Gasteiger partial charge in [0.05, 0.1) is 6.61 Å². The molecule has 0 unspecified atom stereocenters. The summed E-state index contributed by atoms with van der Waals surface area (Å²) < 4.78 is 8.49. The Bertz CT molecular complexity index is 965. The summed E-state index contributed by atoms with van der Waals surface area (Å²) in [6, 6.07) is 13.9. The van der Waals surface area contributed by atoms with E-state index in [0.717, 1.165) is 23.1 Å². The summed E-state index contributed by atoms with van der Waals surface area (Å²) in [4.78, 5) is 14.7. The molecular weight excluding hydrogens is 406 g/mol. The Balaban J connectivity index is 1.57. The summed E-state index contributed by atoms with van der Waals surface area (Å²) in [6.07, 6.45) is 3.06. The maximum Gasteiger partial charge on any atom is 0.322 e. The average Bonchev–Trinajstić information content (AvgIpc) is 2.92. The highest BCUT2D eigenvalue weighted by Gasteiger charge is 2.22. The summed E-state index contributed by atoms with van der Waals surface area (Å²) in [6.45, 7) is 2.83. The van der Waals surface area contributed by atoms with Crippen LogP contribution in [0.5, 0.6) is 0 Å². The van der Waals surface area contributed by atoms with Crippen LogP contribution in [0.4, 0.5) is 10.5 Å². The molecule has 5 nitrogen and oxygen atoms in total. The van der Waals surface area contributed by atoms with Gasteiger partial charge in [0, 0.05) is 54.0 Å². The Kier molecular flexibility index (Phi) is 5.18. The number of nitrogens with one attached hydrogen (secondary N) is 1. The van der Waals surface area contributed by atoms with E-state index in [-0.39, 0.29) is 6.03 Å². The van der Waals surface area contributed by atoms with Crippen molar-refractivity contribution >= 4 is 38.6 Å². The molecule has 0 radical (unpaired) electrons. The lowest BCUT2D eigenvalue weighted by atomic mass is 10.1. The van der Waals surface area contributed by atoms with E-state index in [9.17, 15) is 4.79 Å². The van der Waals surface area contributed by atoms with Gasteiger partial charge in [-0.15, -0.1) is 0 Å². The van der Waals surface area contributed by atoms with Gasteiger partial charge in [-0.3, -0.25) is 0 Å². The summed E-state index contributed by atoms with van der Waals surface area (Å²) in [5.41, 5.74) is 4.52. The van der Waals surface area contributed by atoms with Crippen molar-refractivity contribution in [2.24, 2.45) is 0 Å². The van der Waals surface area contributed by atoms with Gasteiger partial charge in [-0.1, -0.05) is 28.1 Å². The second kappa shape index (κ2) is 7.74. The molecule has 6 heteroatoms. The SMILES string of the molecule is COCCn1cc2c3c(cccc31)CN(C(=O)Nc1ccc(Br)cc1)CC2. The maximum absolute atomic E-state index is 12.8. The van der Waals surface area contributed by atoms with Gasteiger partial charge in [-0.2, -0.15) is 0 Å². The number of halogens is 1. The standard InChI is InChI=1S/C21H22BrN3O2/c1-27-12-11-24-13-16-9-10-25(14-15-3-2-4-19(24)20(15)16)21(26)23-18-7-5-17(22)6-8-18/h2-8,13H,9-12,14H2,1H3,(H,23,26). The molecule has 140 valence electrons. The normalized spacial score (nSPS) is 13.6. The van der Waals surface area contributed by atoms with Crippen molar-refractivity contribution in [2.45, 2.75) is 19.5 Å². The van der Waals surface area contributed by atoms with Gasteiger partial charge < -0.3 is 19.5 Å². The number of hydrogen-bond acceptors (Lipinski definition) is 2. The Morgan fingerprint density at radius 2 is 2.00 bits per heavy atom. The van der Waals surface area contributed by atoms with Crippen LogP contribution in [0.1, 0.15) is 11.1 Å². The number of hydrogen-bond donors (Lipinski definition) is 1. The van der Waals surface area contributed by atoms with Crippen LogP contribution in [0.3, 0.4) is 0 Å². The predicted molar refractivity (Wildman–Crippen MR) is 111 cm³/mol. The molecule has 1 aliphatic heterocycles. The van der Waals surface area contributed by atoms with E-state index in [1.165, 1.54) is 22.0 Å². The smallest absolute Gasteiger partial charge is 0.322 e. The van der Waals surface area contributed by atoms with Crippen LogP contribution in [0.15, 0.2) is 53.1 Å². The number of benzene rings is 2. The highest BCUT2D eigenvalue weighted by Crippen LogP contribution is 2.29. The van der Waals surface area contributed by atoms with Crippen LogP contribution in [0, 0.1) is 0 Å². The van der Waals surface area contributed by atoms with Gasteiger partial charge >= 0.3 is 6.03 Å². The van der Waals surface area contributed by atoms with Crippen LogP contribution in [-0.2, 0) is 24.2 Å². The van der Waals surface area contributed by atoms with Crippen LogP contribution in [0.2, 0.25) is 0 Å². The van der Waals surface area contributed by atoms with Crippen molar-refractivity contribution in [3.63, 3.8) is 0 Å². The van der Waals surface area contributed by atoms with Crippen LogP contribution in [0.25, 0.3) is 10.9 Å². The van der Waals surface area contributed by atoms with Gasteiger partial charge in [0.15, 0.2) is 0 Å². The van der Waals surface area contributed by atoms with Gasteiger partial charge in [-0.25, -0.2) is 4.79 Å². The van der Waals surface area contributed by atoms with E-state index >= 15 is 0 Å². The summed E-state index contributed by atoms with van der Waals surface area (Å²) in [5, 5.41) is 4.29. The molecule has 0 spiro atoms. The van der Waals surface area contributed by atoms with Gasteiger partial charge in [0.2, 0.25) is 0 Å². The van der Waals surface area contributed by atoms with Crippen molar-refractivity contribution in [3.8, 4) is 0 Å². The summed E-state index contributed by atoms with van der Waals surface area (Å²) in [5.74, 6) is 0. The lowest BCUT2D eigenvalue weighted by Gasteiger charge is -2.22. The zero-order valence-corrected chi connectivity index (χ0v) is 16.8. The van der Waals surface area contributed by atoms with Crippen LogP contribution in [-0.4, -0.2) is 35.8 Å². The van der Waals surface area contributed by atoms with Crippen molar-refractivity contribution in [3.05, 3.63) is 64.3 Å². The first-order chi connectivity index (χ1) is 13.2. The van der Waals surface area contributed by atoms with E-state index in [4.69, 9.17) is 4.74 Å². The molecule has 0 fully saturated rings. The molecule has 27 heavy (non-hydrogen) atoms. The largest absolute Gasteiger partial charge is 0.383 e. The summed E-state index contributed by atoms with van der Waals surface area (Å²) >= 11 is 3.42. The first kappa shape index (κ1) is 18.1. The lowest BCUT2D eigenvalue weighted by molar-refractivity contribution is 0.188. The minimum absolute atomic E-state index is 0.0632. The molecule has 0 saturated heterocycles. The fourth-order valence-electron chi connectivity index (χ4n) is 3.66. The van der Waals surface area contributed by atoms with Crippen molar-refractivity contribution in [1.29, 1.82) is 0 Å². The number of aromatic nitrogens is 1. The van der Waals surface area contributed by atoms with E-state index < -0.39 is 0 Å². The predicted octanol–water partition coefficient (Wildman–Crippen LogP) is 4.64. The van der Waals surface area contributed by atoms with Crippen molar-refractivity contribution in [1.82, 2.24) is 9.47 Å². The number of rotatable bonds is 4.